The highest BCUT2D eigenvalue weighted by atomic mass is 16.5. The number of piperidine rings is 1. The Morgan fingerprint density at radius 3 is 2.79 bits per heavy atom. The summed E-state index contributed by atoms with van der Waals surface area (Å²) in [6.45, 7) is 13.0. The van der Waals surface area contributed by atoms with Crippen LogP contribution in [-0.4, -0.2) is 76.1 Å². The highest BCUT2D eigenvalue weighted by Gasteiger charge is 2.16. The van der Waals surface area contributed by atoms with Crippen molar-refractivity contribution in [3.8, 4) is 0 Å². The monoisotopic (exact) mass is 340 g/mol. The van der Waals surface area contributed by atoms with E-state index in [-0.39, 0.29) is 0 Å². The van der Waals surface area contributed by atoms with Gasteiger partial charge in [-0.05, 0) is 51.6 Å². The molecule has 24 heavy (non-hydrogen) atoms. The minimum absolute atomic E-state index is 0.299. The first-order valence-electron chi connectivity index (χ1n) is 9.71. The van der Waals surface area contributed by atoms with Crippen LogP contribution in [0.2, 0.25) is 0 Å². The zero-order valence-corrected chi connectivity index (χ0v) is 15.6. The second-order valence-electron chi connectivity index (χ2n) is 6.92. The van der Waals surface area contributed by atoms with Crippen LogP contribution < -0.4 is 10.6 Å². The lowest BCUT2D eigenvalue weighted by Crippen LogP contribution is -2.43. The van der Waals surface area contributed by atoms with Gasteiger partial charge in [-0.15, -0.1) is 0 Å². The number of hydrogen-bond acceptors (Lipinski definition) is 4. The zero-order valence-electron chi connectivity index (χ0n) is 15.6. The van der Waals surface area contributed by atoms with Gasteiger partial charge in [-0.25, -0.2) is 0 Å². The quantitative estimate of drug-likeness (QED) is 0.378. The van der Waals surface area contributed by atoms with Crippen molar-refractivity contribution in [2.75, 3.05) is 59.1 Å². The van der Waals surface area contributed by atoms with Gasteiger partial charge < -0.3 is 25.0 Å². The summed E-state index contributed by atoms with van der Waals surface area (Å²) in [5, 5.41) is 6.77. The Morgan fingerprint density at radius 1 is 1.25 bits per heavy atom. The third-order valence-corrected chi connectivity index (χ3v) is 4.75. The summed E-state index contributed by atoms with van der Waals surface area (Å²) in [4.78, 5) is 7.19. The van der Waals surface area contributed by atoms with Gasteiger partial charge in [0.1, 0.15) is 0 Å². The van der Waals surface area contributed by atoms with Crippen molar-refractivity contribution in [3.63, 3.8) is 0 Å². The van der Waals surface area contributed by atoms with Crippen molar-refractivity contribution >= 4 is 5.96 Å². The van der Waals surface area contributed by atoms with Crippen LogP contribution in [0, 0.1) is 5.92 Å². The molecule has 1 atom stereocenters. The Bertz CT molecular complexity index is 351. The topological polar surface area (TPSA) is 58.1 Å². The smallest absolute Gasteiger partial charge is 0.191 e. The number of likely N-dealkylation sites (tertiary alicyclic amines) is 1. The van der Waals surface area contributed by atoms with E-state index in [1.54, 1.807) is 0 Å². The van der Waals surface area contributed by atoms with Gasteiger partial charge in [0.2, 0.25) is 0 Å². The fourth-order valence-corrected chi connectivity index (χ4v) is 3.11. The lowest BCUT2D eigenvalue weighted by molar-refractivity contribution is 0.0424. The third kappa shape index (κ3) is 7.81. The molecule has 2 rings (SSSR count). The minimum atomic E-state index is 0.299. The minimum Gasteiger partial charge on any atom is -0.379 e. The van der Waals surface area contributed by atoms with E-state index in [1.165, 1.54) is 25.9 Å². The molecule has 2 fully saturated rings. The van der Waals surface area contributed by atoms with Gasteiger partial charge in [-0.1, -0.05) is 6.92 Å². The number of aliphatic imine (C=N–C) groups is 1. The van der Waals surface area contributed by atoms with Crippen LogP contribution in [0.4, 0.5) is 0 Å². The van der Waals surface area contributed by atoms with Gasteiger partial charge in [-0.2, -0.15) is 0 Å². The van der Waals surface area contributed by atoms with Gasteiger partial charge >= 0.3 is 0 Å². The normalized spacial score (nSPS) is 23.6. The highest BCUT2D eigenvalue weighted by Crippen LogP contribution is 2.15. The lowest BCUT2D eigenvalue weighted by atomic mass is 9.99. The molecule has 2 heterocycles. The van der Waals surface area contributed by atoms with E-state index in [0.717, 1.165) is 70.7 Å². The molecule has 0 aromatic carbocycles. The summed E-state index contributed by atoms with van der Waals surface area (Å²) in [7, 11) is 0. The predicted octanol–water partition coefficient (Wildman–Crippen LogP) is 1.47. The van der Waals surface area contributed by atoms with Crippen LogP contribution in [0.25, 0.3) is 0 Å². The molecule has 140 valence electrons. The number of nitrogens with zero attached hydrogens (tertiary/aromatic N) is 2. The first-order chi connectivity index (χ1) is 11.8. The molecule has 0 saturated carbocycles. The van der Waals surface area contributed by atoms with Crippen molar-refractivity contribution in [2.24, 2.45) is 10.9 Å². The summed E-state index contributed by atoms with van der Waals surface area (Å²) in [5.41, 5.74) is 0. The van der Waals surface area contributed by atoms with Gasteiger partial charge in [0, 0.05) is 39.4 Å². The van der Waals surface area contributed by atoms with Gasteiger partial charge in [0.25, 0.3) is 0 Å². The molecule has 2 aliphatic heterocycles. The predicted molar refractivity (Wildman–Crippen MR) is 98.6 cm³/mol. The highest BCUT2D eigenvalue weighted by molar-refractivity contribution is 5.79. The van der Waals surface area contributed by atoms with E-state index in [1.807, 2.05) is 0 Å². The molecule has 0 radical (unpaired) electrons. The molecule has 0 bridgehead atoms. The van der Waals surface area contributed by atoms with E-state index in [2.05, 4.69) is 34.4 Å². The molecule has 2 saturated heterocycles. The average Bonchev–Trinajstić information content (AvgIpc) is 3.10. The zero-order chi connectivity index (χ0) is 17.0. The van der Waals surface area contributed by atoms with Gasteiger partial charge in [0.15, 0.2) is 5.96 Å². The van der Waals surface area contributed by atoms with Crippen LogP contribution in [0.1, 0.15) is 39.5 Å². The summed E-state index contributed by atoms with van der Waals surface area (Å²) in [5.74, 6) is 1.82. The van der Waals surface area contributed by atoms with E-state index in [9.17, 15) is 0 Å². The lowest BCUT2D eigenvalue weighted by Gasteiger charge is -2.30. The average molecular weight is 341 g/mol. The van der Waals surface area contributed by atoms with Crippen molar-refractivity contribution in [3.05, 3.63) is 0 Å². The second-order valence-corrected chi connectivity index (χ2v) is 6.92. The summed E-state index contributed by atoms with van der Waals surface area (Å²) in [6, 6.07) is 0. The van der Waals surface area contributed by atoms with Crippen LogP contribution in [0.3, 0.4) is 0 Å². The van der Waals surface area contributed by atoms with Gasteiger partial charge in [0.05, 0.1) is 12.7 Å². The standard InChI is InChI=1S/C18H36N4O2/c1-3-19-18(20-8-4-13-24-17-7-14-23-15-17)21-9-12-22-10-5-16(2)6-11-22/h16-17H,3-15H2,1-2H3,(H2,19,20,21). The molecule has 6 heteroatoms. The first kappa shape index (κ1) is 19.5. The molecular weight excluding hydrogens is 304 g/mol. The fourth-order valence-electron chi connectivity index (χ4n) is 3.11. The number of nitrogens with one attached hydrogen (secondary N) is 2. The maximum atomic E-state index is 5.77. The molecule has 1 unspecified atom stereocenters. The van der Waals surface area contributed by atoms with E-state index < -0.39 is 0 Å². The van der Waals surface area contributed by atoms with E-state index >= 15 is 0 Å². The number of rotatable bonds is 9. The molecule has 0 aliphatic carbocycles. The Labute approximate surface area is 147 Å². The number of guanidine groups is 1. The summed E-state index contributed by atoms with van der Waals surface area (Å²) in [6.07, 6.45) is 4.95. The van der Waals surface area contributed by atoms with Crippen LogP contribution in [0.15, 0.2) is 4.99 Å². The largest absolute Gasteiger partial charge is 0.379 e. The molecule has 0 aromatic heterocycles. The van der Waals surface area contributed by atoms with Gasteiger partial charge in [-0.3, -0.25) is 4.99 Å². The van der Waals surface area contributed by atoms with Crippen LogP contribution in [-0.2, 0) is 9.47 Å². The molecule has 0 aromatic rings. The molecule has 0 spiro atoms. The molecule has 2 N–H and O–H groups in total. The Hall–Kier alpha value is -0.850. The van der Waals surface area contributed by atoms with E-state index in [0.29, 0.717) is 6.10 Å². The molecule has 6 nitrogen and oxygen atoms in total. The van der Waals surface area contributed by atoms with Crippen molar-refractivity contribution in [1.29, 1.82) is 0 Å². The molecule has 2 aliphatic rings. The SMILES string of the molecule is CCNC(=NCCCOC1CCOC1)NCCN1CCC(C)CC1. The molecule has 0 amide bonds. The fraction of sp³-hybridized carbons (Fsp3) is 0.944. The number of hydrogen-bond donors (Lipinski definition) is 2. The van der Waals surface area contributed by atoms with Crippen LogP contribution >= 0.6 is 0 Å². The third-order valence-electron chi connectivity index (χ3n) is 4.75. The summed E-state index contributed by atoms with van der Waals surface area (Å²) < 4.78 is 11.1. The maximum absolute atomic E-state index is 5.77. The maximum Gasteiger partial charge on any atom is 0.191 e. The Kier molecular flexibility index (Phi) is 9.46. The van der Waals surface area contributed by atoms with Crippen molar-refractivity contribution < 1.29 is 9.47 Å². The van der Waals surface area contributed by atoms with Crippen molar-refractivity contribution in [1.82, 2.24) is 15.5 Å². The van der Waals surface area contributed by atoms with E-state index in [4.69, 9.17) is 9.47 Å². The van der Waals surface area contributed by atoms with Crippen molar-refractivity contribution in [2.45, 2.75) is 45.6 Å². The first-order valence-corrected chi connectivity index (χ1v) is 9.71. The number of ether oxygens (including phenoxy) is 2. The van der Waals surface area contributed by atoms with Crippen LogP contribution in [0.5, 0.6) is 0 Å². The Morgan fingerprint density at radius 2 is 2.08 bits per heavy atom. The molecular formula is C18H36N4O2. The second kappa shape index (κ2) is 11.7. The Balaban J connectivity index is 1.55. The summed E-state index contributed by atoms with van der Waals surface area (Å²) >= 11 is 0.